The van der Waals surface area contributed by atoms with Crippen LogP contribution < -0.4 is 5.32 Å². The summed E-state index contributed by atoms with van der Waals surface area (Å²) in [5, 5.41) is 3.34. The molecule has 1 aliphatic heterocycles. The van der Waals surface area contributed by atoms with Crippen LogP contribution in [0.25, 0.3) is 0 Å². The molecule has 1 amide bonds. The van der Waals surface area contributed by atoms with Crippen molar-refractivity contribution in [1.29, 1.82) is 0 Å². The Balaban J connectivity index is 1.31. The molecule has 0 saturated carbocycles. The Morgan fingerprint density at radius 2 is 1.88 bits per heavy atom. The van der Waals surface area contributed by atoms with E-state index < -0.39 is 10.0 Å². The quantitative estimate of drug-likeness (QED) is 0.485. The molecule has 2 aliphatic rings. The molecule has 34 heavy (non-hydrogen) atoms. The maximum atomic E-state index is 13.3. The molecule has 184 valence electrons. The predicted molar refractivity (Wildman–Crippen MR) is 134 cm³/mol. The molecular formula is C25H30Cl2N2O4S. The minimum atomic E-state index is -3.78. The van der Waals surface area contributed by atoms with E-state index in [1.807, 2.05) is 12.1 Å². The number of fused-ring (bicyclic) bond motifs is 1. The topological polar surface area (TPSA) is 75.7 Å². The molecule has 0 aromatic heterocycles. The van der Waals surface area contributed by atoms with Crippen LogP contribution in [0.15, 0.2) is 47.4 Å². The Morgan fingerprint density at radius 1 is 1.06 bits per heavy atom. The first kappa shape index (κ1) is 25.5. The number of rotatable bonds is 8. The third kappa shape index (κ3) is 5.77. The van der Waals surface area contributed by atoms with Crippen LogP contribution in [0.2, 0.25) is 10.0 Å². The summed E-state index contributed by atoms with van der Waals surface area (Å²) in [6.45, 7) is 0.685. The number of halogens is 2. The summed E-state index contributed by atoms with van der Waals surface area (Å²) in [5.41, 5.74) is 2.48. The van der Waals surface area contributed by atoms with Gasteiger partial charge in [0.15, 0.2) is 0 Å². The molecule has 4 rings (SSSR count). The van der Waals surface area contributed by atoms with Crippen LogP contribution >= 0.6 is 23.2 Å². The zero-order valence-corrected chi connectivity index (χ0v) is 21.3. The SMILES string of the molecule is O=C(COCCC1CCCCN1S(=O)(=O)c1cccc(Cl)c1Cl)NC1CCCc2ccccc21. The van der Waals surface area contributed by atoms with E-state index in [-0.39, 0.29) is 39.5 Å². The molecule has 2 atom stereocenters. The number of benzene rings is 2. The summed E-state index contributed by atoms with van der Waals surface area (Å²) in [7, 11) is -3.78. The highest BCUT2D eigenvalue weighted by Gasteiger charge is 2.35. The van der Waals surface area contributed by atoms with Crippen LogP contribution in [-0.2, 0) is 26.0 Å². The van der Waals surface area contributed by atoms with Crippen LogP contribution in [-0.4, -0.2) is 44.4 Å². The first-order valence-corrected chi connectivity index (χ1v) is 14.0. The molecule has 1 aliphatic carbocycles. The van der Waals surface area contributed by atoms with Crippen molar-refractivity contribution in [2.75, 3.05) is 19.8 Å². The maximum Gasteiger partial charge on any atom is 0.246 e. The zero-order valence-electron chi connectivity index (χ0n) is 19.0. The molecule has 2 aromatic rings. The van der Waals surface area contributed by atoms with Crippen LogP contribution in [0, 0.1) is 0 Å². The van der Waals surface area contributed by atoms with Gasteiger partial charge in [0, 0.05) is 19.2 Å². The second kappa shape index (κ2) is 11.4. The van der Waals surface area contributed by atoms with Gasteiger partial charge in [0.25, 0.3) is 0 Å². The van der Waals surface area contributed by atoms with Crippen molar-refractivity contribution in [3.8, 4) is 0 Å². The van der Waals surface area contributed by atoms with Gasteiger partial charge in [-0.2, -0.15) is 4.31 Å². The number of aryl methyl sites for hydroxylation is 1. The Bertz CT molecular complexity index is 1130. The number of nitrogens with zero attached hydrogens (tertiary/aromatic N) is 1. The van der Waals surface area contributed by atoms with Crippen molar-refractivity contribution in [2.45, 2.75) is 61.9 Å². The Labute approximate surface area is 211 Å². The minimum Gasteiger partial charge on any atom is -0.372 e. The van der Waals surface area contributed by atoms with E-state index in [1.165, 1.54) is 21.5 Å². The van der Waals surface area contributed by atoms with Crippen LogP contribution in [0.3, 0.4) is 0 Å². The van der Waals surface area contributed by atoms with Gasteiger partial charge in [-0.15, -0.1) is 0 Å². The lowest BCUT2D eigenvalue weighted by atomic mass is 9.88. The van der Waals surface area contributed by atoms with Crippen molar-refractivity contribution in [2.24, 2.45) is 0 Å². The average Bonchev–Trinajstić information content (AvgIpc) is 2.84. The molecule has 0 radical (unpaired) electrons. The van der Waals surface area contributed by atoms with E-state index in [4.69, 9.17) is 27.9 Å². The van der Waals surface area contributed by atoms with Gasteiger partial charge in [0.2, 0.25) is 15.9 Å². The molecule has 1 fully saturated rings. The molecule has 0 spiro atoms. The normalized spacial score (nSPS) is 21.1. The zero-order chi connectivity index (χ0) is 24.1. The highest BCUT2D eigenvalue weighted by Crippen LogP contribution is 2.34. The smallest absolute Gasteiger partial charge is 0.246 e. The summed E-state index contributed by atoms with van der Waals surface area (Å²) in [5.74, 6) is -0.152. The number of nitrogens with one attached hydrogen (secondary N) is 1. The van der Waals surface area contributed by atoms with Crippen molar-refractivity contribution >= 4 is 39.1 Å². The third-order valence-electron chi connectivity index (χ3n) is 6.61. The summed E-state index contributed by atoms with van der Waals surface area (Å²) in [6, 6.07) is 12.7. The van der Waals surface area contributed by atoms with Gasteiger partial charge in [-0.05, 0) is 61.8 Å². The lowest BCUT2D eigenvalue weighted by molar-refractivity contribution is -0.126. The Hall–Kier alpha value is -1.64. The predicted octanol–water partition coefficient (Wildman–Crippen LogP) is 5.14. The fraction of sp³-hybridized carbons (Fsp3) is 0.480. The monoisotopic (exact) mass is 524 g/mol. The Morgan fingerprint density at radius 3 is 2.74 bits per heavy atom. The van der Waals surface area contributed by atoms with E-state index in [9.17, 15) is 13.2 Å². The number of carbonyl (C=O) groups excluding carboxylic acids is 1. The fourth-order valence-corrected chi connectivity index (χ4v) is 7.37. The summed E-state index contributed by atoms with van der Waals surface area (Å²) >= 11 is 12.3. The number of hydrogen-bond acceptors (Lipinski definition) is 4. The van der Waals surface area contributed by atoms with E-state index in [2.05, 4.69) is 17.4 Å². The molecule has 2 aromatic carbocycles. The van der Waals surface area contributed by atoms with E-state index in [0.29, 0.717) is 19.6 Å². The molecule has 6 nitrogen and oxygen atoms in total. The lowest BCUT2D eigenvalue weighted by Gasteiger charge is -2.35. The lowest BCUT2D eigenvalue weighted by Crippen LogP contribution is -2.44. The summed E-state index contributed by atoms with van der Waals surface area (Å²) in [6.07, 6.45) is 6.00. The van der Waals surface area contributed by atoms with Gasteiger partial charge in [-0.1, -0.05) is 60.0 Å². The van der Waals surface area contributed by atoms with Gasteiger partial charge in [-0.25, -0.2) is 8.42 Å². The van der Waals surface area contributed by atoms with Gasteiger partial charge < -0.3 is 10.1 Å². The standard InChI is InChI=1S/C25H30Cl2N2O4S/c26-21-11-6-13-23(25(21)27)34(31,32)29-15-4-3-9-19(29)14-16-33-17-24(30)28-22-12-5-8-18-7-1-2-10-20(18)22/h1-2,6-7,10-11,13,19,22H,3-5,8-9,12,14-17H2,(H,28,30). The van der Waals surface area contributed by atoms with Crippen molar-refractivity contribution in [3.63, 3.8) is 0 Å². The van der Waals surface area contributed by atoms with E-state index >= 15 is 0 Å². The minimum absolute atomic E-state index is 0.0162. The highest BCUT2D eigenvalue weighted by molar-refractivity contribution is 7.89. The van der Waals surface area contributed by atoms with Gasteiger partial charge in [0.05, 0.1) is 16.1 Å². The van der Waals surface area contributed by atoms with E-state index in [1.54, 1.807) is 12.1 Å². The third-order valence-corrected chi connectivity index (χ3v) is 9.53. The van der Waals surface area contributed by atoms with Crippen molar-refractivity contribution in [3.05, 3.63) is 63.6 Å². The maximum absolute atomic E-state index is 13.3. The molecule has 9 heteroatoms. The first-order valence-electron chi connectivity index (χ1n) is 11.8. The number of sulfonamides is 1. The molecular weight excluding hydrogens is 495 g/mol. The van der Waals surface area contributed by atoms with Gasteiger partial charge in [-0.3, -0.25) is 4.79 Å². The van der Waals surface area contributed by atoms with Gasteiger partial charge >= 0.3 is 0 Å². The molecule has 1 N–H and O–H groups in total. The van der Waals surface area contributed by atoms with Crippen molar-refractivity contribution in [1.82, 2.24) is 9.62 Å². The van der Waals surface area contributed by atoms with Crippen molar-refractivity contribution < 1.29 is 17.9 Å². The number of amides is 1. The number of ether oxygens (including phenoxy) is 1. The van der Waals surface area contributed by atoms with Crippen LogP contribution in [0.4, 0.5) is 0 Å². The number of hydrogen-bond donors (Lipinski definition) is 1. The first-order chi connectivity index (χ1) is 16.4. The second-order valence-corrected chi connectivity index (χ2v) is 11.5. The highest BCUT2D eigenvalue weighted by atomic mass is 35.5. The largest absolute Gasteiger partial charge is 0.372 e. The van der Waals surface area contributed by atoms with E-state index in [0.717, 1.165) is 38.5 Å². The fourth-order valence-electron chi connectivity index (χ4n) is 4.91. The second-order valence-electron chi connectivity index (χ2n) is 8.87. The number of piperidine rings is 1. The molecule has 0 bridgehead atoms. The average molecular weight is 525 g/mol. The number of carbonyl (C=O) groups is 1. The summed E-state index contributed by atoms with van der Waals surface area (Å²) < 4.78 is 33.8. The summed E-state index contributed by atoms with van der Waals surface area (Å²) in [4.78, 5) is 12.5. The molecule has 2 unspecified atom stereocenters. The molecule has 1 saturated heterocycles. The molecule has 1 heterocycles. The van der Waals surface area contributed by atoms with Crippen LogP contribution in [0.1, 0.15) is 55.7 Å². The van der Waals surface area contributed by atoms with Gasteiger partial charge in [0.1, 0.15) is 11.5 Å². The Kier molecular flexibility index (Phi) is 8.53. The van der Waals surface area contributed by atoms with Crippen LogP contribution in [0.5, 0.6) is 0 Å².